The van der Waals surface area contributed by atoms with Crippen molar-refractivity contribution < 1.29 is 14.7 Å². The Morgan fingerprint density at radius 2 is 1.70 bits per heavy atom. The predicted molar refractivity (Wildman–Crippen MR) is 92.9 cm³/mol. The zero-order chi connectivity index (χ0) is 16.8. The zero-order valence-electron chi connectivity index (χ0n) is 12.3. The maximum absolute atomic E-state index is 12.2. The topological polar surface area (TPSA) is 66.4 Å². The lowest BCUT2D eigenvalue weighted by molar-refractivity contribution is -0.141. The van der Waals surface area contributed by atoms with Crippen LogP contribution in [0.2, 0.25) is 0 Å². The molecule has 1 unspecified atom stereocenters. The molecule has 4 nitrogen and oxygen atoms in total. The van der Waals surface area contributed by atoms with E-state index in [9.17, 15) is 14.7 Å². The lowest BCUT2D eigenvalue weighted by Crippen LogP contribution is -2.42. The minimum Gasteiger partial charge on any atom is -0.480 e. The van der Waals surface area contributed by atoms with Gasteiger partial charge in [-0.25, -0.2) is 4.79 Å². The second-order valence-electron chi connectivity index (χ2n) is 5.04. The summed E-state index contributed by atoms with van der Waals surface area (Å²) in [4.78, 5) is 23.6. The summed E-state index contributed by atoms with van der Waals surface area (Å²) in [5.74, 6) is -1.57. The number of aliphatic carboxylic acids is 1. The molecule has 0 bridgehead atoms. The van der Waals surface area contributed by atoms with Crippen molar-refractivity contribution in [3.63, 3.8) is 0 Å². The van der Waals surface area contributed by atoms with Crippen molar-refractivity contribution in [2.45, 2.75) is 12.5 Å². The second kappa shape index (κ2) is 7.74. The Hall–Kier alpha value is -2.40. The Labute approximate surface area is 143 Å². The van der Waals surface area contributed by atoms with Gasteiger partial charge in [0.2, 0.25) is 0 Å². The molecule has 2 aromatic rings. The van der Waals surface area contributed by atoms with E-state index in [1.807, 2.05) is 30.3 Å². The molecule has 2 rings (SSSR count). The molecule has 0 saturated carbocycles. The van der Waals surface area contributed by atoms with Gasteiger partial charge in [-0.05, 0) is 23.3 Å². The number of carboxylic acids is 1. The Kier molecular flexibility index (Phi) is 5.71. The maximum atomic E-state index is 12.2. The molecule has 0 aliphatic rings. The van der Waals surface area contributed by atoms with Crippen molar-refractivity contribution in [3.8, 4) is 0 Å². The molecule has 1 amide bonds. The van der Waals surface area contributed by atoms with Crippen LogP contribution in [0, 0.1) is 0 Å². The fourth-order valence-corrected chi connectivity index (χ4v) is 2.34. The molecule has 0 aliphatic heterocycles. The minimum absolute atomic E-state index is 0.205. The second-order valence-corrected chi connectivity index (χ2v) is 5.96. The van der Waals surface area contributed by atoms with Crippen molar-refractivity contribution >= 4 is 33.4 Å². The lowest BCUT2D eigenvalue weighted by Gasteiger charge is -2.16. The summed E-state index contributed by atoms with van der Waals surface area (Å²) in [6, 6.07) is 15.2. The fraction of sp³-hybridized carbons (Fsp3) is 0.111. The minimum atomic E-state index is -1.08. The van der Waals surface area contributed by atoms with Gasteiger partial charge in [-0.2, -0.15) is 0 Å². The van der Waals surface area contributed by atoms with Gasteiger partial charge < -0.3 is 10.4 Å². The van der Waals surface area contributed by atoms with Crippen molar-refractivity contribution in [3.05, 3.63) is 76.8 Å². The van der Waals surface area contributed by atoms with Crippen LogP contribution in [0.15, 0.2) is 65.6 Å². The van der Waals surface area contributed by atoms with Crippen LogP contribution in [0.3, 0.4) is 0 Å². The molecule has 0 aromatic heterocycles. The standard InChI is InChI=1S/C18H16BrNO3/c1-12(14-5-3-2-4-6-14)17(21)20-16(18(22)23)11-13-7-9-15(19)10-8-13/h2-10,16H,1,11H2,(H,20,21)(H,22,23). The van der Waals surface area contributed by atoms with Crippen LogP contribution in [-0.2, 0) is 16.0 Å². The molecule has 2 aromatic carbocycles. The first-order valence-electron chi connectivity index (χ1n) is 7.00. The molecular formula is C18H16BrNO3. The summed E-state index contributed by atoms with van der Waals surface area (Å²) < 4.78 is 0.912. The van der Waals surface area contributed by atoms with Crippen LogP contribution in [0.4, 0.5) is 0 Å². The number of hydrogen-bond donors (Lipinski definition) is 2. The molecular weight excluding hydrogens is 358 g/mol. The molecule has 118 valence electrons. The number of hydrogen-bond acceptors (Lipinski definition) is 2. The Morgan fingerprint density at radius 3 is 2.26 bits per heavy atom. The van der Waals surface area contributed by atoms with E-state index in [0.717, 1.165) is 10.0 Å². The summed E-state index contributed by atoms with van der Waals surface area (Å²) >= 11 is 3.33. The first kappa shape index (κ1) is 17.0. The zero-order valence-corrected chi connectivity index (χ0v) is 13.9. The van der Waals surface area contributed by atoms with E-state index in [1.165, 1.54) is 0 Å². The highest BCUT2D eigenvalue weighted by molar-refractivity contribution is 9.10. The summed E-state index contributed by atoms with van der Waals surface area (Å²) in [6.07, 6.45) is 0.205. The normalized spacial score (nSPS) is 11.5. The van der Waals surface area contributed by atoms with E-state index in [0.29, 0.717) is 5.56 Å². The third-order valence-electron chi connectivity index (χ3n) is 3.35. The predicted octanol–water partition coefficient (Wildman–Crippen LogP) is 3.27. The fourth-order valence-electron chi connectivity index (χ4n) is 2.07. The number of carbonyl (C=O) groups is 2. The molecule has 0 radical (unpaired) electrons. The number of carboxylic acid groups (broad SMARTS) is 1. The van der Waals surface area contributed by atoms with Crippen molar-refractivity contribution in [2.24, 2.45) is 0 Å². The van der Waals surface area contributed by atoms with Gasteiger partial charge in [0.15, 0.2) is 0 Å². The molecule has 0 spiro atoms. The van der Waals surface area contributed by atoms with Gasteiger partial charge in [-0.15, -0.1) is 0 Å². The van der Waals surface area contributed by atoms with Crippen LogP contribution in [-0.4, -0.2) is 23.0 Å². The molecule has 0 heterocycles. The van der Waals surface area contributed by atoms with Gasteiger partial charge in [0.05, 0.1) is 0 Å². The highest BCUT2D eigenvalue weighted by Crippen LogP contribution is 2.14. The smallest absolute Gasteiger partial charge is 0.326 e. The third kappa shape index (κ3) is 4.79. The van der Waals surface area contributed by atoms with E-state index < -0.39 is 17.9 Å². The highest BCUT2D eigenvalue weighted by Gasteiger charge is 2.22. The van der Waals surface area contributed by atoms with Crippen LogP contribution >= 0.6 is 15.9 Å². The largest absolute Gasteiger partial charge is 0.480 e. The molecule has 0 saturated heterocycles. The van der Waals surface area contributed by atoms with Gasteiger partial charge >= 0.3 is 5.97 Å². The Morgan fingerprint density at radius 1 is 1.09 bits per heavy atom. The van der Waals surface area contributed by atoms with Gasteiger partial charge in [0, 0.05) is 16.5 Å². The molecule has 1 atom stereocenters. The molecule has 23 heavy (non-hydrogen) atoms. The highest BCUT2D eigenvalue weighted by atomic mass is 79.9. The third-order valence-corrected chi connectivity index (χ3v) is 3.88. The number of benzene rings is 2. The number of halogens is 1. The average molecular weight is 374 g/mol. The van der Waals surface area contributed by atoms with Crippen LogP contribution in [0.1, 0.15) is 11.1 Å². The van der Waals surface area contributed by atoms with Gasteiger partial charge in [-0.3, -0.25) is 4.79 Å². The summed E-state index contributed by atoms with van der Waals surface area (Å²) in [5, 5.41) is 11.9. The number of rotatable bonds is 6. The number of amides is 1. The quantitative estimate of drug-likeness (QED) is 0.763. The first-order chi connectivity index (χ1) is 11.0. The van der Waals surface area contributed by atoms with Gasteiger partial charge in [0.1, 0.15) is 6.04 Å². The van der Waals surface area contributed by atoms with E-state index >= 15 is 0 Å². The van der Waals surface area contributed by atoms with Crippen molar-refractivity contribution in [2.75, 3.05) is 0 Å². The number of nitrogens with one attached hydrogen (secondary N) is 1. The number of carbonyl (C=O) groups excluding carboxylic acids is 1. The average Bonchev–Trinajstić information content (AvgIpc) is 2.56. The molecule has 0 fully saturated rings. The van der Waals surface area contributed by atoms with Crippen molar-refractivity contribution in [1.82, 2.24) is 5.32 Å². The van der Waals surface area contributed by atoms with E-state index in [2.05, 4.69) is 27.8 Å². The van der Waals surface area contributed by atoms with Gasteiger partial charge in [-0.1, -0.05) is 65.0 Å². The van der Waals surface area contributed by atoms with Gasteiger partial charge in [0.25, 0.3) is 5.91 Å². The molecule has 0 aliphatic carbocycles. The monoisotopic (exact) mass is 373 g/mol. The molecule has 5 heteroatoms. The molecule has 2 N–H and O–H groups in total. The lowest BCUT2D eigenvalue weighted by atomic mass is 10.0. The SMILES string of the molecule is C=C(C(=O)NC(Cc1ccc(Br)cc1)C(=O)O)c1ccccc1. The van der Waals surface area contributed by atoms with E-state index in [-0.39, 0.29) is 12.0 Å². The van der Waals surface area contributed by atoms with Crippen molar-refractivity contribution in [1.29, 1.82) is 0 Å². The van der Waals surface area contributed by atoms with Crippen LogP contribution < -0.4 is 5.32 Å². The van der Waals surface area contributed by atoms with Crippen LogP contribution in [0.25, 0.3) is 5.57 Å². The summed E-state index contributed by atoms with van der Waals surface area (Å²) in [5.41, 5.74) is 1.73. The van der Waals surface area contributed by atoms with E-state index in [1.54, 1.807) is 24.3 Å². The van der Waals surface area contributed by atoms with E-state index in [4.69, 9.17) is 0 Å². The van der Waals surface area contributed by atoms with Crippen LogP contribution in [0.5, 0.6) is 0 Å². The summed E-state index contributed by atoms with van der Waals surface area (Å²) in [7, 11) is 0. The summed E-state index contributed by atoms with van der Waals surface area (Å²) in [6.45, 7) is 3.74. The maximum Gasteiger partial charge on any atom is 0.326 e. The Balaban J connectivity index is 2.07. The first-order valence-corrected chi connectivity index (χ1v) is 7.79. The Bertz CT molecular complexity index is 711.